The van der Waals surface area contributed by atoms with Gasteiger partial charge in [0, 0.05) is 5.92 Å². The molecule has 2 N–H and O–H groups in total. The van der Waals surface area contributed by atoms with E-state index in [9.17, 15) is 13.2 Å². The Kier molecular flexibility index (Phi) is 5.35. The van der Waals surface area contributed by atoms with Crippen LogP contribution in [0.2, 0.25) is 0 Å². The maximum Gasteiger partial charge on any atom is 0.275 e. The first-order chi connectivity index (χ1) is 12.5. The van der Waals surface area contributed by atoms with Crippen LogP contribution >= 0.6 is 0 Å². The lowest BCUT2D eigenvalue weighted by Gasteiger charge is -2.14. The summed E-state index contributed by atoms with van der Waals surface area (Å²) >= 11 is 0. The highest BCUT2D eigenvalue weighted by Gasteiger charge is 2.22. The van der Waals surface area contributed by atoms with E-state index in [2.05, 4.69) is 12.2 Å². The molecular weight excluding hydrogens is 350 g/mol. The van der Waals surface area contributed by atoms with Gasteiger partial charge >= 0.3 is 0 Å². The lowest BCUT2D eigenvalue weighted by Crippen LogP contribution is -2.22. The number of sulfone groups is 1. The third-order valence-corrected chi connectivity index (χ3v) is 6.05. The van der Waals surface area contributed by atoms with Gasteiger partial charge in [0.1, 0.15) is 0 Å². The first-order valence-corrected chi connectivity index (χ1v) is 9.85. The standard InChI is InChI=1S/C20H19NO4S/c22-20(21-23)18-8-4-5-9-19(18)26(24,25)14-15-10-12-17(13-11-15)16-6-2-1-3-7-16/h1-6,8-13,16,23H,7,14H2,(H,21,22). The minimum atomic E-state index is -3.73. The molecule has 1 unspecified atom stereocenters. The average molecular weight is 369 g/mol. The largest absolute Gasteiger partial charge is 0.288 e. The van der Waals surface area contributed by atoms with Crippen molar-refractivity contribution in [2.45, 2.75) is 23.0 Å². The van der Waals surface area contributed by atoms with Gasteiger partial charge in [-0.05, 0) is 29.7 Å². The van der Waals surface area contributed by atoms with Crippen molar-refractivity contribution in [2.24, 2.45) is 0 Å². The van der Waals surface area contributed by atoms with Gasteiger partial charge in [-0.1, -0.05) is 60.7 Å². The van der Waals surface area contributed by atoms with Crippen LogP contribution in [0.4, 0.5) is 0 Å². The lowest BCUT2D eigenvalue weighted by molar-refractivity contribution is 0.0702. The number of carbonyl (C=O) groups is 1. The predicted molar refractivity (Wildman–Crippen MR) is 98.7 cm³/mol. The van der Waals surface area contributed by atoms with Crippen molar-refractivity contribution in [1.29, 1.82) is 0 Å². The summed E-state index contributed by atoms with van der Waals surface area (Å²) in [5, 5.41) is 8.82. The molecule has 0 bridgehead atoms. The molecule has 1 amide bonds. The molecule has 0 radical (unpaired) electrons. The molecule has 0 aromatic heterocycles. The molecular formula is C20H19NO4S. The molecule has 0 fully saturated rings. The van der Waals surface area contributed by atoms with Gasteiger partial charge in [0.05, 0.1) is 16.2 Å². The average Bonchev–Trinajstić information content (AvgIpc) is 2.68. The smallest absolute Gasteiger partial charge is 0.275 e. The topological polar surface area (TPSA) is 83.5 Å². The van der Waals surface area contributed by atoms with Gasteiger partial charge < -0.3 is 0 Å². The molecule has 0 heterocycles. The summed E-state index contributed by atoms with van der Waals surface area (Å²) in [4.78, 5) is 11.6. The first kappa shape index (κ1) is 18.1. The van der Waals surface area contributed by atoms with E-state index in [0.29, 0.717) is 11.5 Å². The molecule has 134 valence electrons. The highest BCUT2D eigenvalue weighted by Crippen LogP contribution is 2.26. The predicted octanol–water partition coefficient (Wildman–Crippen LogP) is 3.38. The molecule has 3 rings (SSSR count). The third-order valence-electron chi connectivity index (χ3n) is 4.31. The van der Waals surface area contributed by atoms with Crippen LogP contribution in [0, 0.1) is 0 Å². The first-order valence-electron chi connectivity index (χ1n) is 8.19. The SMILES string of the molecule is O=C(NO)c1ccccc1S(=O)(=O)Cc1ccc(C2C=CC=CC2)cc1. The quantitative estimate of drug-likeness (QED) is 0.625. The second-order valence-electron chi connectivity index (χ2n) is 6.09. The summed E-state index contributed by atoms with van der Waals surface area (Å²) in [5.41, 5.74) is 3.18. The zero-order chi connectivity index (χ0) is 18.6. The molecule has 1 atom stereocenters. The number of benzene rings is 2. The normalized spacial score (nSPS) is 16.4. The fourth-order valence-corrected chi connectivity index (χ4v) is 4.54. The number of carbonyl (C=O) groups excluding carboxylic acids is 1. The molecule has 0 spiro atoms. The van der Waals surface area contributed by atoms with Crippen molar-refractivity contribution in [2.75, 3.05) is 0 Å². The maximum absolute atomic E-state index is 12.7. The molecule has 0 saturated carbocycles. The van der Waals surface area contributed by atoms with Gasteiger partial charge in [-0.2, -0.15) is 0 Å². The Bertz CT molecular complexity index is 960. The zero-order valence-electron chi connectivity index (χ0n) is 14.0. The number of amides is 1. The van der Waals surface area contributed by atoms with Crippen LogP contribution in [0.1, 0.15) is 33.8 Å². The van der Waals surface area contributed by atoms with E-state index in [0.717, 1.165) is 12.0 Å². The fourth-order valence-electron chi connectivity index (χ4n) is 2.97. The summed E-state index contributed by atoms with van der Waals surface area (Å²) in [6, 6.07) is 13.3. The Hall–Kier alpha value is -2.70. The van der Waals surface area contributed by atoms with Gasteiger partial charge in [0.2, 0.25) is 0 Å². The maximum atomic E-state index is 12.7. The number of nitrogens with one attached hydrogen (secondary N) is 1. The Balaban J connectivity index is 1.83. The Morgan fingerprint density at radius 2 is 1.81 bits per heavy atom. The van der Waals surface area contributed by atoms with Crippen molar-refractivity contribution in [1.82, 2.24) is 5.48 Å². The Morgan fingerprint density at radius 1 is 1.08 bits per heavy atom. The third kappa shape index (κ3) is 3.92. The molecule has 0 aliphatic heterocycles. The van der Waals surface area contributed by atoms with Crippen molar-refractivity contribution in [3.63, 3.8) is 0 Å². The van der Waals surface area contributed by atoms with Crippen molar-refractivity contribution in [3.8, 4) is 0 Å². The van der Waals surface area contributed by atoms with Gasteiger partial charge in [0.25, 0.3) is 5.91 Å². The second kappa shape index (κ2) is 7.68. The van der Waals surface area contributed by atoms with Gasteiger partial charge in [-0.15, -0.1) is 0 Å². The Morgan fingerprint density at radius 3 is 2.46 bits per heavy atom. The van der Waals surface area contributed by atoms with E-state index in [1.165, 1.54) is 17.6 Å². The lowest BCUT2D eigenvalue weighted by atomic mass is 9.92. The summed E-state index contributed by atoms with van der Waals surface area (Å²) in [7, 11) is -3.73. The van der Waals surface area contributed by atoms with E-state index in [1.54, 1.807) is 24.3 Å². The fraction of sp³-hybridized carbons (Fsp3) is 0.150. The van der Waals surface area contributed by atoms with Crippen LogP contribution in [0.15, 0.2) is 77.7 Å². The van der Waals surface area contributed by atoms with Crippen LogP contribution in [0.3, 0.4) is 0 Å². The molecule has 0 saturated heterocycles. The van der Waals surface area contributed by atoms with Crippen LogP contribution < -0.4 is 5.48 Å². The molecule has 1 aliphatic rings. The van der Waals surface area contributed by atoms with E-state index >= 15 is 0 Å². The minimum absolute atomic E-state index is 0.0780. The summed E-state index contributed by atoms with van der Waals surface area (Å²) in [6.07, 6.45) is 9.17. The molecule has 6 heteroatoms. The Labute approximate surface area is 152 Å². The highest BCUT2D eigenvalue weighted by molar-refractivity contribution is 7.90. The molecule has 2 aromatic carbocycles. The highest BCUT2D eigenvalue weighted by atomic mass is 32.2. The monoisotopic (exact) mass is 369 g/mol. The van der Waals surface area contributed by atoms with Crippen molar-refractivity contribution < 1.29 is 18.4 Å². The summed E-state index contributed by atoms with van der Waals surface area (Å²) in [6.45, 7) is 0. The number of rotatable bonds is 5. The van der Waals surface area contributed by atoms with Crippen LogP contribution in [-0.4, -0.2) is 19.5 Å². The molecule has 5 nitrogen and oxygen atoms in total. The van der Waals surface area contributed by atoms with E-state index < -0.39 is 15.7 Å². The molecule has 26 heavy (non-hydrogen) atoms. The number of hydroxylamine groups is 1. The second-order valence-corrected chi connectivity index (χ2v) is 8.05. The van der Waals surface area contributed by atoms with E-state index in [-0.39, 0.29) is 16.2 Å². The molecule has 1 aliphatic carbocycles. The van der Waals surface area contributed by atoms with Gasteiger partial charge in [0.15, 0.2) is 9.84 Å². The van der Waals surface area contributed by atoms with Crippen LogP contribution in [0.25, 0.3) is 0 Å². The van der Waals surface area contributed by atoms with Gasteiger partial charge in [-0.3, -0.25) is 10.0 Å². The number of hydrogen-bond donors (Lipinski definition) is 2. The molecule has 2 aromatic rings. The van der Waals surface area contributed by atoms with Gasteiger partial charge in [-0.25, -0.2) is 13.9 Å². The summed E-state index contributed by atoms with van der Waals surface area (Å²) < 4.78 is 25.5. The van der Waals surface area contributed by atoms with Crippen LogP contribution in [0.5, 0.6) is 0 Å². The van der Waals surface area contributed by atoms with E-state index in [1.807, 2.05) is 24.3 Å². The van der Waals surface area contributed by atoms with Crippen molar-refractivity contribution in [3.05, 3.63) is 89.5 Å². The van der Waals surface area contributed by atoms with Crippen molar-refractivity contribution >= 4 is 15.7 Å². The zero-order valence-corrected chi connectivity index (χ0v) is 14.8. The number of hydrogen-bond acceptors (Lipinski definition) is 4. The van der Waals surface area contributed by atoms with Crippen LogP contribution in [-0.2, 0) is 15.6 Å². The van der Waals surface area contributed by atoms with E-state index in [4.69, 9.17) is 5.21 Å². The number of allylic oxidation sites excluding steroid dienone is 4. The minimum Gasteiger partial charge on any atom is -0.288 e. The summed E-state index contributed by atoms with van der Waals surface area (Å²) in [5.74, 6) is -0.764.